The fraction of sp³-hybridized carbons (Fsp3) is 0.708. The normalized spacial score (nSPS) is 32.5. The lowest BCUT2D eigenvalue weighted by Crippen LogP contribution is -2.53. The molecule has 0 bridgehead atoms. The summed E-state index contributed by atoms with van der Waals surface area (Å²) in [6, 6.07) is 0. The van der Waals surface area contributed by atoms with Crippen LogP contribution >= 0.6 is 0 Å². The molecule has 30 heavy (non-hydrogen) atoms. The van der Waals surface area contributed by atoms with Crippen LogP contribution in [0.3, 0.4) is 0 Å². The van der Waals surface area contributed by atoms with E-state index in [0.29, 0.717) is 18.4 Å². The number of carbonyl (C=O) groups excluding carboxylic acids is 2. The Hall–Kier alpha value is -2.11. The maximum Gasteiger partial charge on any atom is 0.331 e. The molecule has 6 nitrogen and oxygen atoms in total. The van der Waals surface area contributed by atoms with Gasteiger partial charge in [-0.25, -0.2) is 4.79 Å². The van der Waals surface area contributed by atoms with Crippen molar-refractivity contribution in [1.29, 1.82) is 0 Å². The van der Waals surface area contributed by atoms with Crippen molar-refractivity contribution in [2.75, 3.05) is 6.61 Å². The summed E-state index contributed by atoms with van der Waals surface area (Å²) < 4.78 is 10.8. The fourth-order valence-corrected chi connectivity index (χ4v) is 6.25. The van der Waals surface area contributed by atoms with E-state index in [-0.39, 0.29) is 35.7 Å². The van der Waals surface area contributed by atoms with Gasteiger partial charge in [-0.2, -0.15) is 0 Å². The van der Waals surface area contributed by atoms with E-state index < -0.39 is 11.9 Å². The molecular formula is C24H34O6. The van der Waals surface area contributed by atoms with Crippen molar-refractivity contribution in [3.05, 3.63) is 23.3 Å². The highest BCUT2D eigenvalue weighted by molar-refractivity contribution is 5.85. The molecule has 0 radical (unpaired) electrons. The molecular weight excluding hydrogens is 384 g/mol. The number of cyclic esters (lactones) is 1. The van der Waals surface area contributed by atoms with Crippen molar-refractivity contribution < 1.29 is 29.0 Å². The van der Waals surface area contributed by atoms with Gasteiger partial charge in [0.05, 0.1) is 12.8 Å². The largest absolute Gasteiger partial charge is 0.481 e. The summed E-state index contributed by atoms with van der Waals surface area (Å²) in [5.41, 5.74) is 2.40. The number of fused-ring (bicyclic) bond motifs is 1. The Balaban J connectivity index is 1.76. The molecule has 166 valence electrons. The van der Waals surface area contributed by atoms with Gasteiger partial charge in [0.2, 0.25) is 0 Å². The number of aliphatic carboxylic acids is 1. The van der Waals surface area contributed by atoms with Gasteiger partial charge in [0.25, 0.3) is 0 Å². The minimum atomic E-state index is -0.986. The summed E-state index contributed by atoms with van der Waals surface area (Å²) >= 11 is 0. The molecule has 4 unspecified atom stereocenters. The molecule has 0 aromatic rings. The first-order chi connectivity index (χ1) is 14.0. The number of esters is 2. The molecule has 0 saturated heterocycles. The van der Waals surface area contributed by atoms with E-state index >= 15 is 0 Å². The molecule has 0 aromatic heterocycles. The highest BCUT2D eigenvalue weighted by atomic mass is 16.5. The van der Waals surface area contributed by atoms with E-state index in [4.69, 9.17) is 14.6 Å². The fourth-order valence-electron chi connectivity index (χ4n) is 6.25. The van der Waals surface area contributed by atoms with Gasteiger partial charge in [-0.1, -0.05) is 32.4 Å². The molecule has 2 aliphatic carbocycles. The number of carboxylic acid groups (broad SMARTS) is 1. The maximum atomic E-state index is 12.2. The molecule has 1 fully saturated rings. The standard InChI is InChI=1S/C24H34O6/c1-15-5-8-19-23(2,3)12-17(30-21(27)10-9-20(25)26)13-24(19,4)18(15)7-6-16-11-22(28)29-14-16/h5,11,17-19H,6-10,12-14H2,1-4H3,(H,25,26). The maximum absolute atomic E-state index is 12.2. The van der Waals surface area contributed by atoms with Crippen molar-refractivity contribution in [3.8, 4) is 0 Å². The summed E-state index contributed by atoms with van der Waals surface area (Å²) in [5.74, 6) is -0.848. The lowest BCUT2D eigenvalue weighted by molar-refractivity contribution is -0.165. The van der Waals surface area contributed by atoms with E-state index in [9.17, 15) is 14.4 Å². The molecule has 4 atom stereocenters. The van der Waals surface area contributed by atoms with Crippen LogP contribution in [0, 0.1) is 22.7 Å². The van der Waals surface area contributed by atoms with Gasteiger partial charge in [-0.3, -0.25) is 9.59 Å². The van der Waals surface area contributed by atoms with E-state index in [1.807, 2.05) is 0 Å². The van der Waals surface area contributed by atoms with Crippen LogP contribution in [-0.4, -0.2) is 35.7 Å². The Morgan fingerprint density at radius 2 is 1.97 bits per heavy atom. The minimum Gasteiger partial charge on any atom is -0.481 e. The quantitative estimate of drug-likeness (QED) is 0.486. The SMILES string of the molecule is CC1=CCC2C(C)(C)CC(OC(=O)CCC(=O)O)CC2(C)C1CCC1=CC(=O)OC1. The van der Waals surface area contributed by atoms with E-state index in [2.05, 4.69) is 33.8 Å². The van der Waals surface area contributed by atoms with Gasteiger partial charge >= 0.3 is 17.9 Å². The average Bonchev–Trinajstić information content (AvgIpc) is 3.03. The summed E-state index contributed by atoms with van der Waals surface area (Å²) in [5, 5.41) is 8.83. The molecule has 0 amide bonds. The average molecular weight is 419 g/mol. The number of rotatable bonds is 7. The summed E-state index contributed by atoms with van der Waals surface area (Å²) in [4.78, 5) is 34.4. The Kier molecular flexibility index (Phi) is 6.44. The molecule has 3 aliphatic rings. The van der Waals surface area contributed by atoms with Crippen molar-refractivity contribution in [3.63, 3.8) is 0 Å². The van der Waals surface area contributed by atoms with Crippen molar-refractivity contribution in [1.82, 2.24) is 0 Å². The van der Waals surface area contributed by atoms with Gasteiger partial charge < -0.3 is 14.6 Å². The van der Waals surface area contributed by atoms with Crippen molar-refractivity contribution in [2.45, 2.75) is 78.7 Å². The van der Waals surface area contributed by atoms with Gasteiger partial charge in [0.1, 0.15) is 12.7 Å². The van der Waals surface area contributed by atoms with Crippen LogP contribution in [0.15, 0.2) is 23.3 Å². The predicted octanol–water partition coefficient (Wildman–Crippen LogP) is 4.44. The number of hydrogen-bond acceptors (Lipinski definition) is 5. The second-order valence-corrected chi connectivity index (χ2v) is 10.1. The third-order valence-corrected chi connectivity index (χ3v) is 7.50. The van der Waals surface area contributed by atoms with Gasteiger partial charge in [-0.15, -0.1) is 0 Å². The Morgan fingerprint density at radius 1 is 1.23 bits per heavy atom. The van der Waals surface area contributed by atoms with Gasteiger partial charge in [0.15, 0.2) is 0 Å². The minimum absolute atomic E-state index is 0.00585. The molecule has 1 N–H and O–H groups in total. The molecule has 0 spiro atoms. The predicted molar refractivity (Wildman–Crippen MR) is 112 cm³/mol. The molecule has 3 rings (SSSR count). The Labute approximate surface area is 178 Å². The number of ether oxygens (including phenoxy) is 2. The highest BCUT2D eigenvalue weighted by Crippen LogP contribution is 2.61. The number of carboxylic acids is 1. The molecule has 1 aliphatic heterocycles. The van der Waals surface area contributed by atoms with E-state index in [0.717, 1.165) is 37.7 Å². The second-order valence-electron chi connectivity index (χ2n) is 10.1. The Bertz CT molecular complexity index is 777. The van der Waals surface area contributed by atoms with E-state index in [1.165, 1.54) is 5.57 Å². The number of carbonyl (C=O) groups is 3. The lowest BCUT2D eigenvalue weighted by atomic mass is 9.47. The van der Waals surface area contributed by atoms with Crippen LogP contribution in [-0.2, 0) is 23.9 Å². The Morgan fingerprint density at radius 3 is 2.60 bits per heavy atom. The van der Waals surface area contributed by atoms with Gasteiger partial charge in [-0.05, 0) is 67.3 Å². The first-order valence-corrected chi connectivity index (χ1v) is 11.0. The summed E-state index contributed by atoms with van der Waals surface area (Å²) in [6.45, 7) is 9.41. The summed E-state index contributed by atoms with van der Waals surface area (Å²) in [6.07, 6.45) is 7.85. The third-order valence-electron chi connectivity index (χ3n) is 7.50. The smallest absolute Gasteiger partial charge is 0.331 e. The van der Waals surface area contributed by atoms with Crippen LogP contribution in [0.1, 0.15) is 72.6 Å². The molecule has 1 saturated carbocycles. The van der Waals surface area contributed by atoms with Crippen molar-refractivity contribution >= 4 is 17.9 Å². The molecule has 0 aromatic carbocycles. The van der Waals surface area contributed by atoms with Crippen molar-refractivity contribution in [2.24, 2.45) is 22.7 Å². The first kappa shape index (κ1) is 22.6. The zero-order chi connectivity index (χ0) is 22.1. The zero-order valence-corrected chi connectivity index (χ0v) is 18.5. The van der Waals surface area contributed by atoms with Crippen LogP contribution in [0.5, 0.6) is 0 Å². The van der Waals surface area contributed by atoms with Gasteiger partial charge in [0, 0.05) is 6.08 Å². The zero-order valence-electron chi connectivity index (χ0n) is 18.5. The van der Waals surface area contributed by atoms with E-state index in [1.54, 1.807) is 6.08 Å². The lowest BCUT2D eigenvalue weighted by Gasteiger charge is -2.58. The van der Waals surface area contributed by atoms with Crippen LogP contribution in [0.2, 0.25) is 0 Å². The second kappa shape index (κ2) is 8.56. The number of hydrogen-bond donors (Lipinski definition) is 1. The number of allylic oxidation sites excluding steroid dienone is 2. The third kappa shape index (κ3) is 4.79. The topological polar surface area (TPSA) is 89.9 Å². The van der Waals surface area contributed by atoms with Crippen LogP contribution in [0.25, 0.3) is 0 Å². The van der Waals surface area contributed by atoms with Crippen LogP contribution < -0.4 is 0 Å². The first-order valence-electron chi connectivity index (χ1n) is 11.0. The molecule has 6 heteroatoms. The monoisotopic (exact) mass is 418 g/mol. The highest BCUT2D eigenvalue weighted by Gasteiger charge is 2.55. The van der Waals surface area contributed by atoms with Crippen LogP contribution in [0.4, 0.5) is 0 Å². The molecule has 1 heterocycles. The summed E-state index contributed by atoms with van der Waals surface area (Å²) in [7, 11) is 0.